The number of rotatable bonds is 6. The Morgan fingerprint density at radius 1 is 1.24 bits per heavy atom. The molecule has 0 spiro atoms. The minimum Gasteiger partial charge on any atom is -0.504 e. The maximum atomic E-state index is 12.7. The molecule has 4 nitrogen and oxygen atoms in total. The summed E-state index contributed by atoms with van der Waals surface area (Å²) in [7, 11) is 0. The fourth-order valence-electron chi connectivity index (χ4n) is 2.86. The molecule has 1 aliphatic heterocycles. The van der Waals surface area contributed by atoms with Crippen LogP contribution in [0.4, 0.5) is 13.2 Å². The molecule has 0 aromatic heterocycles. The smallest absolute Gasteiger partial charge is 0.389 e. The third kappa shape index (κ3) is 7.48. The molecule has 1 aliphatic rings. The van der Waals surface area contributed by atoms with Crippen molar-refractivity contribution in [2.75, 3.05) is 32.8 Å². The SMILES string of the molecule is CCOc1cc([C@@H](CCC(F)(F)F)N2CCNCC2)ccc1O.Cl.Cl. The number of nitrogens with one attached hydrogen (secondary N) is 1. The van der Waals surface area contributed by atoms with Crippen molar-refractivity contribution in [2.24, 2.45) is 0 Å². The van der Waals surface area contributed by atoms with E-state index in [9.17, 15) is 18.3 Å². The van der Waals surface area contributed by atoms with E-state index in [2.05, 4.69) is 10.2 Å². The highest BCUT2D eigenvalue weighted by atomic mass is 35.5. The van der Waals surface area contributed by atoms with Crippen LogP contribution in [-0.2, 0) is 0 Å². The van der Waals surface area contributed by atoms with Gasteiger partial charge in [0, 0.05) is 38.6 Å². The van der Waals surface area contributed by atoms with Crippen LogP contribution in [-0.4, -0.2) is 49.0 Å². The molecular formula is C16H25Cl2F3N2O2. The highest BCUT2D eigenvalue weighted by Gasteiger charge is 2.31. The lowest BCUT2D eigenvalue weighted by Crippen LogP contribution is -2.45. The molecule has 1 saturated heterocycles. The summed E-state index contributed by atoms with van der Waals surface area (Å²) in [6.45, 7) is 5.11. The van der Waals surface area contributed by atoms with Crippen LogP contribution >= 0.6 is 24.8 Å². The van der Waals surface area contributed by atoms with Crippen LogP contribution in [0.15, 0.2) is 18.2 Å². The van der Waals surface area contributed by atoms with E-state index in [0.717, 1.165) is 18.7 Å². The minimum absolute atomic E-state index is 0. The predicted octanol–water partition coefficient (Wildman–Crippen LogP) is 3.92. The largest absolute Gasteiger partial charge is 0.504 e. The van der Waals surface area contributed by atoms with Crippen molar-refractivity contribution in [3.05, 3.63) is 23.8 Å². The molecule has 0 aliphatic carbocycles. The van der Waals surface area contributed by atoms with Crippen molar-refractivity contribution in [1.82, 2.24) is 10.2 Å². The van der Waals surface area contributed by atoms with Gasteiger partial charge in [0.15, 0.2) is 11.5 Å². The number of benzene rings is 1. The molecule has 1 aromatic carbocycles. The zero-order chi connectivity index (χ0) is 16.9. The molecule has 2 rings (SSSR count). The summed E-state index contributed by atoms with van der Waals surface area (Å²) in [5.74, 6) is 0.322. The normalized spacial score (nSPS) is 16.5. The number of nitrogens with zero attached hydrogens (tertiary/aromatic N) is 1. The zero-order valence-corrected chi connectivity index (χ0v) is 15.6. The van der Waals surface area contributed by atoms with Gasteiger partial charge in [-0.05, 0) is 31.0 Å². The number of hydrogen-bond donors (Lipinski definition) is 2. The van der Waals surface area contributed by atoms with Gasteiger partial charge in [0.1, 0.15) is 0 Å². The van der Waals surface area contributed by atoms with Crippen LogP contribution in [0.2, 0.25) is 0 Å². The Bertz CT molecular complexity index is 513. The number of alkyl halides is 3. The Balaban J connectivity index is 0.00000288. The maximum Gasteiger partial charge on any atom is 0.389 e. The van der Waals surface area contributed by atoms with E-state index >= 15 is 0 Å². The molecule has 1 atom stereocenters. The van der Waals surface area contributed by atoms with E-state index in [0.29, 0.717) is 25.4 Å². The van der Waals surface area contributed by atoms with Gasteiger partial charge >= 0.3 is 6.18 Å². The molecule has 0 radical (unpaired) electrons. The molecule has 1 heterocycles. The molecule has 0 amide bonds. The molecule has 9 heteroatoms. The van der Waals surface area contributed by atoms with Gasteiger partial charge < -0.3 is 15.2 Å². The summed E-state index contributed by atoms with van der Waals surface area (Å²) in [5.41, 5.74) is 0.748. The summed E-state index contributed by atoms with van der Waals surface area (Å²) >= 11 is 0. The van der Waals surface area contributed by atoms with Gasteiger partial charge in [0.25, 0.3) is 0 Å². The van der Waals surface area contributed by atoms with Gasteiger partial charge in [-0.15, -0.1) is 24.8 Å². The lowest BCUT2D eigenvalue weighted by atomic mass is 9.98. The number of phenolic OH excluding ortho intramolecular Hbond substituents is 1. The van der Waals surface area contributed by atoms with Crippen molar-refractivity contribution in [2.45, 2.75) is 32.0 Å². The third-order valence-corrected chi connectivity index (χ3v) is 3.96. The summed E-state index contributed by atoms with van der Waals surface area (Å²) < 4.78 is 43.4. The lowest BCUT2D eigenvalue weighted by molar-refractivity contribution is -0.138. The Hall–Kier alpha value is -0.890. The van der Waals surface area contributed by atoms with Crippen LogP contribution in [0.3, 0.4) is 0 Å². The van der Waals surface area contributed by atoms with Crippen molar-refractivity contribution in [3.63, 3.8) is 0 Å². The second kappa shape index (κ2) is 11.0. The summed E-state index contributed by atoms with van der Waals surface area (Å²) in [5, 5.41) is 13.0. The van der Waals surface area contributed by atoms with Crippen molar-refractivity contribution < 1.29 is 23.0 Å². The molecule has 0 saturated carbocycles. The molecule has 0 unspecified atom stereocenters. The van der Waals surface area contributed by atoms with Crippen LogP contribution in [0.5, 0.6) is 11.5 Å². The Morgan fingerprint density at radius 2 is 1.88 bits per heavy atom. The van der Waals surface area contributed by atoms with Crippen molar-refractivity contribution >= 4 is 24.8 Å². The van der Waals surface area contributed by atoms with Crippen molar-refractivity contribution in [3.8, 4) is 11.5 Å². The molecule has 1 aromatic rings. The van der Waals surface area contributed by atoms with Crippen LogP contribution in [0, 0.1) is 0 Å². The fraction of sp³-hybridized carbons (Fsp3) is 0.625. The highest BCUT2D eigenvalue weighted by Crippen LogP contribution is 2.35. The molecular weight excluding hydrogens is 380 g/mol. The first-order valence-corrected chi connectivity index (χ1v) is 7.88. The first kappa shape index (κ1) is 24.1. The monoisotopic (exact) mass is 404 g/mol. The number of phenols is 1. The number of ether oxygens (including phenoxy) is 1. The Labute approximate surface area is 158 Å². The molecule has 1 fully saturated rings. The van der Waals surface area contributed by atoms with Crippen molar-refractivity contribution in [1.29, 1.82) is 0 Å². The average Bonchev–Trinajstić information content (AvgIpc) is 2.51. The Kier molecular flexibility index (Phi) is 10.6. The summed E-state index contributed by atoms with van der Waals surface area (Å²) in [4.78, 5) is 2.06. The predicted molar refractivity (Wildman–Crippen MR) is 96.2 cm³/mol. The van der Waals surface area contributed by atoms with E-state index in [4.69, 9.17) is 4.74 Å². The summed E-state index contributed by atoms with van der Waals surface area (Å²) in [6.07, 6.45) is -5.00. The maximum absolute atomic E-state index is 12.7. The first-order valence-electron chi connectivity index (χ1n) is 7.88. The van der Waals surface area contributed by atoms with E-state index in [-0.39, 0.29) is 43.0 Å². The second-order valence-corrected chi connectivity index (χ2v) is 5.62. The fourth-order valence-corrected chi connectivity index (χ4v) is 2.86. The number of hydrogen-bond acceptors (Lipinski definition) is 4. The van der Waals surface area contributed by atoms with Gasteiger partial charge in [-0.1, -0.05) is 6.07 Å². The molecule has 25 heavy (non-hydrogen) atoms. The molecule has 0 bridgehead atoms. The van der Waals surface area contributed by atoms with E-state index in [1.54, 1.807) is 19.1 Å². The number of piperazine rings is 1. The Morgan fingerprint density at radius 3 is 2.44 bits per heavy atom. The van der Waals surface area contributed by atoms with E-state index in [1.807, 2.05) is 0 Å². The highest BCUT2D eigenvalue weighted by molar-refractivity contribution is 5.85. The second-order valence-electron chi connectivity index (χ2n) is 5.62. The summed E-state index contributed by atoms with van der Waals surface area (Å²) in [6, 6.07) is 4.49. The van der Waals surface area contributed by atoms with Gasteiger partial charge in [-0.2, -0.15) is 13.2 Å². The van der Waals surface area contributed by atoms with Gasteiger partial charge in [0.2, 0.25) is 0 Å². The lowest BCUT2D eigenvalue weighted by Gasteiger charge is -2.35. The number of aromatic hydroxyl groups is 1. The number of halogens is 5. The standard InChI is InChI=1S/C16H23F3N2O2.2ClH/c1-2-23-15-11-12(3-4-14(15)22)13(5-6-16(17,18)19)21-9-7-20-8-10-21;;/h3-4,11,13,20,22H,2,5-10H2,1H3;2*1H/t13-;;/m1../s1. The van der Waals surface area contributed by atoms with E-state index in [1.165, 1.54) is 6.07 Å². The van der Waals surface area contributed by atoms with Gasteiger partial charge in [-0.3, -0.25) is 4.90 Å². The van der Waals surface area contributed by atoms with Crippen LogP contribution < -0.4 is 10.1 Å². The topological polar surface area (TPSA) is 44.7 Å². The first-order chi connectivity index (χ1) is 10.9. The molecule has 2 N–H and O–H groups in total. The molecule has 146 valence electrons. The van der Waals surface area contributed by atoms with Crippen LogP contribution in [0.1, 0.15) is 31.4 Å². The zero-order valence-electron chi connectivity index (χ0n) is 14.0. The average molecular weight is 405 g/mol. The van der Waals surface area contributed by atoms with E-state index < -0.39 is 12.6 Å². The minimum atomic E-state index is -4.17. The van der Waals surface area contributed by atoms with Crippen LogP contribution in [0.25, 0.3) is 0 Å². The van der Waals surface area contributed by atoms with Gasteiger partial charge in [0.05, 0.1) is 6.61 Å². The quantitative estimate of drug-likeness (QED) is 0.753. The third-order valence-electron chi connectivity index (χ3n) is 3.96. The van der Waals surface area contributed by atoms with Gasteiger partial charge in [-0.25, -0.2) is 0 Å².